The monoisotopic (exact) mass is 515 g/mol. The van der Waals surface area contributed by atoms with E-state index in [2.05, 4.69) is 45.8 Å². The number of guanidine groups is 1. The minimum atomic E-state index is 0. The molecule has 0 amide bonds. The number of benzene rings is 1. The van der Waals surface area contributed by atoms with Gasteiger partial charge in [-0.2, -0.15) is 5.10 Å². The second kappa shape index (κ2) is 14.2. The van der Waals surface area contributed by atoms with Crippen LogP contribution >= 0.6 is 24.0 Å². The fourth-order valence-electron chi connectivity index (χ4n) is 2.88. The lowest BCUT2D eigenvalue weighted by Crippen LogP contribution is -2.37. The Morgan fingerprint density at radius 2 is 1.97 bits per heavy atom. The van der Waals surface area contributed by atoms with E-state index >= 15 is 0 Å². The van der Waals surface area contributed by atoms with E-state index in [9.17, 15) is 0 Å². The molecular weight excluding hydrogens is 481 g/mol. The Kier molecular flexibility index (Phi) is 12.4. The Morgan fingerprint density at radius 1 is 1.14 bits per heavy atom. The van der Waals surface area contributed by atoms with Crippen molar-refractivity contribution >= 4 is 29.9 Å². The van der Waals surface area contributed by atoms with Crippen LogP contribution in [0.1, 0.15) is 29.8 Å². The number of hydrogen-bond acceptors (Lipinski definition) is 4. The van der Waals surface area contributed by atoms with Crippen molar-refractivity contribution in [2.24, 2.45) is 4.99 Å². The van der Waals surface area contributed by atoms with Crippen molar-refractivity contribution in [1.29, 1.82) is 0 Å². The molecule has 1 aromatic heterocycles. The van der Waals surface area contributed by atoms with E-state index in [-0.39, 0.29) is 24.0 Å². The molecule has 0 aliphatic carbocycles. The minimum absolute atomic E-state index is 0. The first-order valence-electron chi connectivity index (χ1n) is 9.78. The van der Waals surface area contributed by atoms with Gasteiger partial charge in [0.2, 0.25) is 0 Å². The van der Waals surface area contributed by atoms with Gasteiger partial charge in [0.15, 0.2) is 5.96 Å². The summed E-state index contributed by atoms with van der Waals surface area (Å²) < 4.78 is 12.8. The topological polar surface area (TPSA) is 72.7 Å². The van der Waals surface area contributed by atoms with Gasteiger partial charge in [0.25, 0.3) is 0 Å². The third-order valence-corrected chi connectivity index (χ3v) is 4.29. The molecule has 0 radical (unpaired) electrons. The first-order chi connectivity index (χ1) is 13.6. The highest BCUT2D eigenvalue weighted by molar-refractivity contribution is 14.0. The van der Waals surface area contributed by atoms with Crippen LogP contribution in [0, 0.1) is 13.8 Å². The standard InChI is InChI=1S/C21H33N5O2.HI/c1-17-14-18(2)26(25-17)11-6-10-23-21(22-3)24-16-19-8-5-9-20(15-19)28-13-7-12-27-4;/h5,8-9,14-15H,6-7,10-13,16H2,1-4H3,(H2,22,23,24);1H. The molecule has 0 saturated heterocycles. The Morgan fingerprint density at radius 3 is 2.66 bits per heavy atom. The van der Waals surface area contributed by atoms with Gasteiger partial charge in [-0.15, -0.1) is 24.0 Å². The van der Waals surface area contributed by atoms with Gasteiger partial charge in [0.05, 0.1) is 12.3 Å². The molecule has 0 unspecified atom stereocenters. The van der Waals surface area contributed by atoms with Crippen LogP contribution < -0.4 is 15.4 Å². The van der Waals surface area contributed by atoms with Gasteiger partial charge in [0.1, 0.15) is 5.75 Å². The number of nitrogens with one attached hydrogen (secondary N) is 2. The minimum Gasteiger partial charge on any atom is -0.493 e. The number of hydrogen-bond donors (Lipinski definition) is 2. The number of aromatic nitrogens is 2. The van der Waals surface area contributed by atoms with Crippen molar-refractivity contribution in [1.82, 2.24) is 20.4 Å². The largest absolute Gasteiger partial charge is 0.493 e. The zero-order chi connectivity index (χ0) is 20.2. The van der Waals surface area contributed by atoms with E-state index < -0.39 is 0 Å². The molecule has 0 spiro atoms. The molecule has 2 N–H and O–H groups in total. The summed E-state index contributed by atoms with van der Waals surface area (Å²) >= 11 is 0. The molecule has 0 fully saturated rings. The van der Waals surface area contributed by atoms with Gasteiger partial charge >= 0.3 is 0 Å². The molecule has 0 bridgehead atoms. The second-order valence-corrected chi connectivity index (χ2v) is 6.70. The number of rotatable bonds is 11. The molecule has 2 aromatic rings. The van der Waals surface area contributed by atoms with Crippen molar-refractivity contribution in [3.63, 3.8) is 0 Å². The molecule has 1 aromatic carbocycles. The van der Waals surface area contributed by atoms with Gasteiger partial charge in [-0.3, -0.25) is 9.67 Å². The molecule has 29 heavy (non-hydrogen) atoms. The second-order valence-electron chi connectivity index (χ2n) is 6.70. The van der Waals surface area contributed by atoms with Crippen molar-refractivity contribution < 1.29 is 9.47 Å². The molecule has 0 saturated carbocycles. The number of ether oxygens (including phenoxy) is 2. The van der Waals surface area contributed by atoms with Gasteiger partial charge < -0.3 is 20.1 Å². The van der Waals surface area contributed by atoms with Crippen LogP contribution in [0.4, 0.5) is 0 Å². The molecule has 0 atom stereocenters. The summed E-state index contributed by atoms with van der Waals surface area (Å²) in [6, 6.07) is 10.2. The third kappa shape index (κ3) is 9.49. The van der Waals surface area contributed by atoms with Crippen LogP contribution in [-0.4, -0.2) is 49.7 Å². The molecule has 162 valence electrons. The number of nitrogens with zero attached hydrogens (tertiary/aromatic N) is 3. The highest BCUT2D eigenvalue weighted by Crippen LogP contribution is 2.13. The lowest BCUT2D eigenvalue weighted by atomic mass is 10.2. The average Bonchev–Trinajstić information content (AvgIpc) is 3.02. The van der Waals surface area contributed by atoms with Crippen molar-refractivity contribution in [2.45, 2.75) is 39.8 Å². The predicted molar refractivity (Wildman–Crippen MR) is 128 cm³/mol. The lowest BCUT2D eigenvalue weighted by Gasteiger charge is -2.13. The molecular formula is C21H34IN5O2. The van der Waals surface area contributed by atoms with E-state index in [0.717, 1.165) is 48.9 Å². The number of halogens is 1. The summed E-state index contributed by atoms with van der Waals surface area (Å²) in [6.07, 6.45) is 1.86. The molecule has 7 nitrogen and oxygen atoms in total. The first kappa shape index (κ1) is 25.2. The van der Waals surface area contributed by atoms with Crippen LogP contribution in [0.25, 0.3) is 0 Å². The van der Waals surface area contributed by atoms with Crippen LogP contribution in [-0.2, 0) is 17.8 Å². The van der Waals surface area contributed by atoms with Crippen LogP contribution in [0.2, 0.25) is 0 Å². The molecule has 2 rings (SSSR count). The van der Waals surface area contributed by atoms with Gasteiger partial charge in [0, 0.05) is 52.5 Å². The molecule has 8 heteroatoms. The van der Waals surface area contributed by atoms with Crippen LogP contribution in [0.3, 0.4) is 0 Å². The SMILES string of the molecule is CN=C(NCCCn1nc(C)cc1C)NCc1cccc(OCCCOC)c1.I. The Labute approximate surface area is 191 Å². The van der Waals surface area contributed by atoms with Crippen LogP contribution in [0.5, 0.6) is 5.75 Å². The smallest absolute Gasteiger partial charge is 0.191 e. The van der Waals surface area contributed by atoms with Crippen molar-refractivity contribution in [3.8, 4) is 5.75 Å². The Hall–Kier alpha value is -1.81. The number of aryl methyl sites for hydroxylation is 3. The average molecular weight is 515 g/mol. The van der Waals surface area contributed by atoms with Crippen molar-refractivity contribution in [2.75, 3.05) is 33.9 Å². The lowest BCUT2D eigenvalue weighted by molar-refractivity contribution is 0.172. The summed E-state index contributed by atoms with van der Waals surface area (Å²) in [5, 5.41) is 11.2. The van der Waals surface area contributed by atoms with E-state index in [1.807, 2.05) is 23.7 Å². The fourth-order valence-corrected chi connectivity index (χ4v) is 2.88. The first-order valence-corrected chi connectivity index (χ1v) is 9.78. The highest BCUT2D eigenvalue weighted by Gasteiger charge is 2.02. The summed E-state index contributed by atoms with van der Waals surface area (Å²) in [6.45, 7) is 7.89. The zero-order valence-electron chi connectivity index (χ0n) is 17.9. The maximum atomic E-state index is 5.75. The maximum Gasteiger partial charge on any atom is 0.191 e. The van der Waals surface area contributed by atoms with E-state index in [1.54, 1.807) is 14.2 Å². The van der Waals surface area contributed by atoms with E-state index in [0.29, 0.717) is 19.8 Å². The Bertz CT molecular complexity index is 748. The number of aliphatic imine (C=N–C) groups is 1. The quantitative estimate of drug-likeness (QED) is 0.208. The van der Waals surface area contributed by atoms with E-state index in [4.69, 9.17) is 9.47 Å². The Balaban J connectivity index is 0.00000420. The van der Waals surface area contributed by atoms with Gasteiger partial charge in [-0.1, -0.05) is 12.1 Å². The third-order valence-electron chi connectivity index (χ3n) is 4.29. The predicted octanol–water partition coefficient (Wildman–Crippen LogP) is 3.29. The fraction of sp³-hybridized carbons (Fsp3) is 0.524. The van der Waals surface area contributed by atoms with Crippen LogP contribution in [0.15, 0.2) is 35.3 Å². The highest BCUT2D eigenvalue weighted by atomic mass is 127. The number of methoxy groups -OCH3 is 1. The maximum absolute atomic E-state index is 5.75. The van der Waals surface area contributed by atoms with Gasteiger partial charge in [-0.05, 0) is 44.0 Å². The summed E-state index contributed by atoms with van der Waals surface area (Å²) in [5.74, 6) is 1.67. The summed E-state index contributed by atoms with van der Waals surface area (Å²) in [5.41, 5.74) is 3.41. The molecule has 1 heterocycles. The van der Waals surface area contributed by atoms with E-state index in [1.165, 1.54) is 5.69 Å². The zero-order valence-corrected chi connectivity index (χ0v) is 20.2. The summed E-state index contributed by atoms with van der Waals surface area (Å²) in [4.78, 5) is 4.29. The van der Waals surface area contributed by atoms with Crippen molar-refractivity contribution in [3.05, 3.63) is 47.3 Å². The molecule has 0 aliphatic heterocycles. The van der Waals surface area contributed by atoms with Gasteiger partial charge in [-0.25, -0.2) is 0 Å². The summed E-state index contributed by atoms with van der Waals surface area (Å²) in [7, 11) is 3.48. The normalized spacial score (nSPS) is 11.1. The molecule has 0 aliphatic rings.